The van der Waals surface area contributed by atoms with Crippen LogP contribution >= 0.6 is 11.3 Å². The summed E-state index contributed by atoms with van der Waals surface area (Å²) >= 11 is 1.77. The number of nitrogens with zero attached hydrogens (tertiary/aromatic N) is 2. The summed E-state index contributed by atoms with van der Waals surface area (Å²) in [5, 5.41) is 4.38. The summed E-state index contributed by atoms with van der Waals surface area (Å²) in [6, 6.07) is 2.93. The zero-order valence-corrected chi connectivity index (χ0v) is 12.9. The van der Waals surface area contributed by atoms with E-state index in [1.54, 1.807) is 11.3 Å². The van der Waals surface area contributed by atoms with Gasteiger partial charge in [0.2, 0.25) is 0 Å². The molecule has 4 heteroatoms. The lowest BCUT2D eigenvalue weighted by molar-refractivity contribution is 0.242. The Labute approximate surface area is 124 Å². The van der Waals surface area contributed by atoms with E-state index >= 15 is 0 Å². The van der Waals surface area contributed by atoms with Gasteiger partial charge in [-0.05, 0) is 60.2 Å². The molecule has 1 aliphatic rings. The van der Waals surface area contributed by atoms with Gasteiger partial charge in [-0.25, -0.2) is 0 Å². The van der Waals surface area contributed by atoms with E-state index in [0.29, 0.717) is 0 Å². The van der Waals surface area contributed by atoms with E-state index in [4.69, 9.17) is 5.73 Å². The lowest BCUT2D eigenvalue weighted by Gasteiger charge is -2.22. The van der Waals surface area contributed by atoms with Crippen LogP contribution in [0.15, 0.2) is 23.0 Å². The van der Waals surface area contributed by atoms with Gasteiger partial charge >= 0.3 is 0 Å². The van der Waals surface area contributed by atoms with Crippen LogP contribution in [0.2, 0.25) is 0 Å². The molecule has 0 bridgehead atoms. The van der Waals surface area contributed by atoms with Crippen molar-refractivity contribution in [2.24, 2.45) is 0 Å². The van der Waals surface area contributed by atoms with Crippen molar-refractivity contribution in [3.8, 4) is 0 Å². The van der Waals surface area contributed by atoms with Gasteiger partial charge in [-0.2, -0.15) is 11.3 Å². The predicted molar refractivity (Wildman–Crippen MR) is 84.7 cm³/mol. The Morgan fingerprint density at radius 2 is 2.15 bits per heavy atom. The highest BCUT2D eigenvalue weighted by molar-refractivity contribution is 7.07. The molecule has 1 aliphatic carbocycles. The van der Waals surface area contributed by atoms with Gasteiger partial charge in [0.1, 0.15) is 0 Å². The van der Waals surface area contributed by atoms with Gasteiger partial charge < -0.3 is 5.73 Å². The van der Waals surface area contributed by atoms with Crippen LogP contribution in [0.25, 0.3) is 0 Å². The number of thiophene rings is 1. The van der Waals surface area contributed by atoms with E-state index in [1.165, 1.54) is 18.4 Å². The molecule has 0 amide bonds. The molecular weight excluding hydrogens is 266 g/mol. The first kappa shape index (κ1) is 13.6. The minimum Gasteiger partial charge on any atom is -0.398 e. The summed E-state index contributed by atoms with van der Waals surface area (Å²) in [6.07, 6.45) is 4.52. The van der Waals surface area contributed by atoms with Crippen molar-refractivity contribution in [2.75, 3.05) is 5.73 Å². The van der Waals surface area contributed by atoms with Crippen molar-refractivity contribution >= 4 is 17.0 Å². The molecule has 0 aliphatic heterocycles. The molecule has 20 heavy (non-hydrogen) atoms. The second kappa shape index (κ2) is 5.54. The van der Waals surface area contributed by atoms with Crippen molar-refractivity contribution in [2.45, 2.75) is 45.8 Å². The van der Waals surface area contributed by atoms with Gasteiger partial charge in [-0.15, -0.1) is 0 Å². The number of rotatable bonds is 5. The first-order valence-corrected chi connectivity index (χ1v) is 8.05. The summed E-state index contributed by atoms with van der Waals surface area (Å²) in [6.45, 7) is 6.02. The Balaban J connectivity index is 1.78. The zero-order chi connectivity index (χ0) is 14.1. The highest BCUT2D eigenvalue weighted by Gasteiger charge is 2.29. The highest BCUT2D eigenvalue weighted by Crippen LogP contribution is 2.31. The molecule has 3 rings (SSSR count). The summed E-state index contributed by atoms with van der Waals surface area (Å²) in [5.74, 6) is 0. The molecule has 0 unspecified atom stereocenters. The first-order valence-electron chi connectivity index (χ1n) is 7.11. The van der Waals surface area contributed by atoms with Crippen LogP contribution < -0.4 is 5.73 Å². The number of nitrogen functional groups attached to an aromatic ring is 1. The number of anilines is 1. The lowest BCUT2D eigenvalue weighted by Crippen LogP contribution is -2.26. The Morgan fingerprint density at radius 3 is 2.80 bits per heavy atom. The quantitative estimate of drug-likeness (QED) is 0.915. The third-order valence-electron chi connectivity index (χ3n) is 4.06. The summed E-state index contributed by atoms with van der Waals surface area (Å²) in [4.78, 5) is 7.13. The average molecular weight is 287 g/mol. The molecule has 3 nitrogen and oxygen atoms in total. The van der Waals surface area contributed by atoms with E-state index in [9.17, 15) is 0 Å². The van der Waals surface area contributed by atoms with Crippen LogP contribution in [0, 0.1) is 13.8 Å². The Kier molecular flexibility index (Phi) is 3.76. The topological polar surface area (TPSA) is 42.2 Å². The van der Waals surface area contributed by atoms with Crippen molar-refractivity contribution in [1.82, 2.24) is 9.88 Å². The smallest absolute Gasteiger partial charge is 0.0593 e. The van der Waals surface area contributed by atoms with E-state index < -0.39 is 0 Å². The Hall–Kier alpha value is -1.39. The SMILES string of the molecule is Cc1cnc(CN(Cc2ccsc2)C2CC2)c(C)c1N. The van der Waals surface area contributed by atoms with E-state index in [1.807, 2.05) is 13.1 Å². The summed E-state index contributed by atoms with van der Waals surface area (Å²) < 4.78 is 0. The second-order valence-electron chi connectivity index (χ2n) is 5.69. The molecule has 106 valence electrons. The van der Waals surface area contributed by atoms with Crippen LogP contribution in [0.5, 0.6) is 0 Å². The van der Waals surface area contributed by atoms with Gasteiger partial charge in [0.25, 0.3) is 0 Å². The molecular formula is C16H21N3S. The van der Waals surface area contributed by atoms with Gasteiger partial charge in [-0.3, -0.25) is 9.88 Å². The minimum atomic E-state index is 0.721. The first-order chi connectivity index (χ1) is 9.65. The van der Waals surface area contributed by atoms with E-state index in [-0.39, 0.29) is 0 Å². The molecule has 1 fully saturated rings. The minimum absolute atomic E-state index is 0.721. The number of hydrogen-bond donors (Lipinski definition) is 1. The monoisotopic (exact) mass is 287 g/mol. The number of nitrogens with two attached hydrogens (primary N) is 1. The summed E-state index contributed by atoms with van der Waals surface area (Å²) in [7, 11) is 0. The maximum absolute atomic E-state index is 6.13. The van der Waals surface area contributed by atoms with E-state index in [2.05, 4.69) is 33.6 Å². The fourth-order valence-corrected chi connectivity index (χ4v) is 3.17. The normalized spacial score (nSPS) is 14.9. The fraction of sp³-hybridized carbons (Fsp3) is 0.438. The highest BCUT2D eigenvalue weighted by atomic mass is 32.1. The van der Waals surface area contributed by atoms with Gasteiger partial charge in [-0.1, -0.05) is 0 Å². The largest absolute Gasteiger partial charge is 0.398 e. The standard InChI is InChI=1S/C16H21N3S/c1-11-7-18-15(12(2)16(11)17)9-19(14-3-4-14)8-13-5-6-20-10-13/h5-7,10,14H,3-4,8-9H2,1-2H3,(H2,17,18). The van der Waals surface area contributed by atoms with Crippen molar-refractivity contribution in [3.05, 3.63) is 45.4 Å². The molecule has 2 heterocycles. The molecule has 0 spiro atoms. The maximum atomic E-state index is 6.13. The molecule has 2 aromatic rings. The molecule has 0 aromatic carbocycles. The maximum Gasteiger partial charge on any atom is 0.0593 e. The molecule has 0 radical (unpaired) electrons. The van der Waals surface area contributed by atoms with Crippen LogP contribution in [-0.2, 0) is 13.1 Å². The van der Waals surface area contributed by atoms with Gasteiger partial charge in [0.05, 0.1) is 5.69 Å². The van der Waals surface area contributed by atoms with Crippen molar-refractivity contribution < 1.29 is 0 Å². The molecule has 2 aromatic heterocycles. The number of pyridine rings is 1. The molecule has 0 saturated heterocycles. The van der Waals surface area contributed by atoms with Crippen LogP contribution in [0.3, 0.4) is 0 Å². The second-order valence-corrected chi connectivity index (χ2v) is 6.47. The Morgan fingerprint density at radius 1 is 1.35 bits per heavy atom. The number of aromatic nitrogens is 1. The zero-order valence-electron chi connectivity index (χ0n) is 12.1. The van der Waals surface area contributed by atoms with Crippen LogP contribution in [-0.4, -0.2) is 15.9 Å². The molecule has 1 saturated carbocycles. The molecule has 2 N–H and O–H groups in total. The van der Waals surface area contributed by atoms with E-state index in [0.717, 1.165) is 41.6 Å². The van der Waals surface area contributed by atoms with Crippen LogP contribution in [0.4, 0.5) is 5.69 Å². The lowest BCUT2D eigenvalue weighted by atomic mass is 10.1. The van der Waals surface area contributed by atoms with Gasteiger partial charge in [0.15, 0.2) is 0 Å². The van der Waals surface area contributed by atoms with Crippen LogP contribution in [0.1, 0.15) is 35.2 Å². The van der Waals surface area contributed by atoms with Crippen molar-refractivity contribution in [1.29, 1.82) is 0 Å². The number of hydrogen-bond acceptors (Lipinski definition) is 4. The molecule has 0 atom stereocenters. The van der Waals surface area contributed by atoms with Gasteiger partial charge in [0, 0.05) is 31.0 Å². The fourth-order valence-electron chi connectivity index (χ4n) is 2.52. The Bertz CT molecular complexity index is 588. The average Bonchev–Trinajstić information content (AvgIpc) is 3.16. The third kappa shape index (κ3) is 2.86. The van der Waals surface area contributed by atoms with Crippen molar-refractivity contribution in [3.63, 3.8) is 0 Å². The summed E-state index contributed by atoms with van der Waals surface area (Å²) in [5.41, 5.74) is 11.8. The number of aryl methyl sites for hydroxylation is 1. The third-order valence-corrected chi connectivity index (χ3v) is 4.79. The predicted octanol–water partition coefficient (Wildman–Crippen LogP) is 3.51.